The molecule has 0 amide bonds. The summed E-state index contributed by atoms with van der Waals surface area (Å²) in [6, 6.07) is 0. The summed E-state index contributed by atoms with van der Waals surface area (Å²) in [5, 5.41) is 3.16. The minimum atomic E-state index is -0.0204. The second-order valence-corrected chi connectivity index (χ2v) is 4.56. The van der Waals surface area contributed by atoms with Crippen LogP contribution in [-0.2, 0) is 6.54 Å². The summed E-state index contributed by atoms with van der Waals surface area (Å²) in [6.07, 6.45) is 6.07. The van der Waals surface area contributed by atoms with E-state index >= 15 is 0 Å². The first kappa shape index (κ1) is 11.2. The molecule has 1 aromatic heterocycles. The number of hydrogen-bond acceptors (Lipinski definition) is 3. The molecule has 1 N–H and O–H groups in total. The lowest BCUT2D eigenvalue weighted by atomic mass is 10.1. The molecule has 1 aromatic rings. The molecule has 16 heavy (non-hydrogen) atoms. The molecule has 0 radical (unpaired) electrons. The quantitative estimate of drug-likeness (QED) is 0.823. The van der Waals surface area contributed by atoms with E-state index in [4.69, 9.17) is 0 Å². The number of anilines is 1. The van der Waals surface area contributed by atoms with E-state index in [-0.39, 0.29) is 5.56 Å². The van der Waals surface area contributed by atoms with E-state index in [0.717, 1.165) is 12.5 Å². The summed E-state index contributed by atoms with van der Waals surface area (Å²) < 4.78 is 1.66. The van der Waals surface area contributed by atoms with Crippen molar-refractivity contribution in [3.8, 4) is 0 Å². The zero-order valence-electron chi connectivity index (χ0n) is 9.94. The molecule has 4 nitrogen and oxygen atoms in total. The highest BCUT2D eigenvalue weighted by atomic mass is 16.1. The molecule has 0 aliphatic heterocycles. The maximum absolute atomic E-state index is 11.8. The van der Waals surface area contributed by atoms with Gasteiger partial charge in [0.2, 0.25) is 0 Å². The Morgan fingerprint density at radius 3 is 3.00 bits per heavy atom. The normalized spacial score (nSPS) is 17.1. The van der Waals surface area contributed by atoms with Crippen LogP contribution < -0.4 is 10.9 Å². The van der Waals surface area contributed by atoms with Gasteiger partial charge in [0.05, 0.1) is 0 Å². The number of aromatic nitrogens is 2. The molecule has 2 rings (SSSR count). The van der Waals surface area contributed by atoms with E-state index in [1.165, 1.54) is 12.8 Å². The van der Waals surface area contributed by atoms with Crippen LogP contribution in [0.3, 0.4) is 0 Å². The highest BCUT2D eigenvalue weighted by molar-refractivity contribution is 5.30. The monoisotopic (exact) mass is 221 g/mol. The first-order valence-electron chi connectivity index (χ1n) is 6.01. The van der Waals surface area contributed by atoms with Crippen molar-refractivity contribution in [1.82, 2.24) is 9.55 Å². The van der Waals surface area contributed by atoms with Crippen molar-refractivity contribution in [3.05, 3.63) is 22.7 Å². The van der Waals surface area contributed by atoms with E-state index in [9.17, 15) is 4.79 Å². The summed E-state index contributed by atoms with van der Waals surface area (Å²) in [4.78, 5) is 15.9. The van der Waals surface area contributed by atoms with Gasteiger partial charge in [0.25, 0.3) is 5.56 Å². The van der Waals surface area contributed by atoms with Crippen LogP contribution in [-0.4, -0.2) is 16.1 Å². The largest absolute Gasteiger partial charge is 0.365 e. The molecule has 88 valence electrons. The molecular weight excluding hydrogens is 202 g/mol. The Morgan fingerprint density at radius 1 is 1.62 bits per heavy atom. The van der Waals surface area contributed by atoms with E-state index < -0.39 is 0 Å². The average Bonchev–Trinajstić information content (AvgIpc) is 3.11. The van der Waals surface area contributed by atoms with Gasteiger partial charge in [-0.25, -0.2) is 4.98 Å². The molecule has 1 saturated carbocycles. The summed E-state index contributed by atoms with van der Waals surface area (Å²) in [5.41, 5.74) is -0.0204. The van der Waals surface area contributed by atoms with Gasteiger partial charge in [-0.05, 0) is 31.6 Å². The highest BCUT2D eigenvalue weighted by Crippen LogP contribution is 2.36. The Bertz CT molecular complexity index is 409. The smallest absolute Gasteiger partial charge is 0.293 e. The second kappa shape index (κ2) is 4.68. The lowest BCUT2D eigenvalue weighted by molar-refractivity contribution is 0.535. The SMILES string of the molecule is CCn1ccnc(NCC(C)C2CC2)c1=O. The van der Waals surface area contributed by atoms with Crippen LogP contribution in [0.2, 0.25) is 0 Å². The van der Waals surface area contributed by atoms with Gasteiger partial charge >= 0.3 is 0 Å². The van der Waals surface area contributed by atoms with E-state index in [0.29, 0.717) is 18.3 Å². The van der Waals surface area contributed by atoms with Crippen LogP contribution >= 0.6 is 0 Å². The number of rotatable bonds is 5. The van der Waals surface area contributed by atoms with Gasteiger partial charge in [-0.2, -0.15) is 0 Å². The molecule has 1 aliphatic carbocycles. The fourth-order valence-electron chi connectivity index (χ4n) is 1.91. The van der Waals surface area contributed by atoms with Gasteiger partial charge in [-0.15, -0.1) is 0 Å². The molecule has 4 heteroatoms. The molecule has 1 heterocycles. The van der Waals surface area contributed by atoms with Crippen LogP contribution in [0.15, 0.2) is 17.2 Å². The van der Waals surface area contributed by atoms with Gasteiger partial charge in [-0.1, -0.05) is 6.92 Å². The molecule has 0 spiro atoms. The van der Waals surface area contributed by atoms with Crippen molar-refractivity contribution in [3.63, 3.8) is 0 Å². The average molecular weight is 221 g/mol. The Hall–Kier alpha value is -1.32. The maximum atomic E-state index is 11.8. The third-order valence-corrected chi connectivity index (χ3v) is 3.27. The predicted octanol–water partition coefficient (Wildman–Crippen LogP) is 1.72. The van der Waals surface area contributed by atoms with Crippen LogP contribution in [0.25, 0.3) is 0 Å². The van der Waals surface area contributed by atoms with Crippen molar-refractivity contribution in [2.75, 3.05) is 11.9 Å². The lowest BCUT2D eigenvalue weighted by Crippen LogP contribution is -2.25. The number of aryl methyl sites for hydroxylation is 1. The first-order chi connectivity index (χ1) is 7.72. The molecule has 0 bridgehead atoms. The minimum absolute atomic E-state index is 0.0204. The summed E-state index contributed by atoms with van der Waals surface area (Å²) in [5.74, 6) is 1.97. The Balaban J connectivity index is 2.00. The molecule has 0 saturated heterocycles. The zero-order valence-corrected chi connectivity index (χ0v) is 9.94. The highest BCUT2D eigenvalue weighted by Gasteiger charge is 2.27. The van der Waals surface area contributed by atoms with E-state index in [1.54, 1.807) is 17.0 Å². The fourth-order valence-corrected chi connectivity index (χ4v) is 1.91. The third-order valence-electron chi connectivity index (χ3n) is 3.27. The third kappa shape index (κ3) is 2.43. The van der Waals surface area contributed by atoms with Crippen molar-refractivity contribution < 1.29 is 0 Å². The first-order valence-corrected chi connectivity index (χ1v) is 6.01. The van der Waals surface area contributed by atoms with Crippen LogP contribution in [0, 0.1) is 11.8 Å². The molecule has 1 unspecified atom stereocenters. The van der Waals surface area contributed by atoms with E-state index in [2.05, 4.69) is 17.2 Å². The van der Waals surface area contributed by atoms with Gasteiger partial charge in [0.15, 0.2) is 5.82 Å². The predicted molar refractivity (Wildman–Crippen MR) is 64.5 cm³/mol. The number of nitrogens with zero attached hydrogens (tertiary/aromatic N) is 2. The van der Waals surface area contributed by atoms with Crippen LogP contribution in [0.1, 0.15) is 26.7 Å². The van der Waals surface area contributed by atoms with Gasteiger partial charge in [0.1, 0.15) is 0 Å². The summed E-state index contributed by atoms with van der Waals surface area (Å²) >= 11 is 0. The number of hydrogen-bond donors (Lipinski definition) is 1. The topological polar surface area (TPSA) is 46.9 Å². The summed E-state index contributed by atoms with van der Waals surface area (Å²) in [7, 11) is 0. The van der Waals surface area contributed by atoms with Gasteiger partial charge < -0.3 is 9.88 Å². The summed E-state index contributed by atoms with van der Waals surface area (Å²) in [6.45, 7) is 5.72. The standard InChI is InChI=1S/C12H19N3O/c1-3-15-7-6-13-11(12(15)16)14-8-9(2)10-4-5-10/h6-7,9-10H,3-5,8H2,1-2H3,(H,13,14). The van der Waals surface area contributed by atoms with Crippen molar-refractivity contribution in [1.29, 1.82) is 0 Å². The second-order valence-electron chi connectivity index (χ2n) is 4.56. The Labute approximate surface area is 95.7 Å². The minimum Gasteiger partial charge on any atom is -0.365 e. The van der Waals surface area contributed by atoms with Crippen LogP contribution in [0.4, 0.5) is 5.82 Å². The molecule has 1 fully saturated rings. The lowest BCUT2D eigenvalue weighted by Gasteiger charge is -2.12. The van der Waals surface area contributed by atoms with Crippen LogP contribution in [0.5, 0.6) is 0 Å². The Kier molecular flexibility index (Phi) is 3.27. The van der Waals surface area contributed by atoms with Gasteiger partial charge in [-0.3, -0.25) is 4.79 Å². The zero-order chi connectivity index (χ0) is 11.5. The molecule has 1 aliphatic rings. The van der Waals surface area contributed by atoms with Gasteiger partial charge in [0, 0.05) is 25.5 Å². The van der Waals surface area contributed by atoms with Crippen molar-refractivity contribution >= 4 is 5.82 Å². The Morgan fingerprint density at radius 2 is 2.38 bits per heavy atom. The maximum Gasteiger partial charge on any atom is 0.293 e. The van der Waals surface area contributed by atoms with Crippen molar-refractivity contribution in [2.24, 2.45) is 11.8 Å². The molecule has 0 aromatic carbocycles. The fraction of sp³-hybridized carbons (Fsp3) is 0.667. The molecular formula is C12H19N3O. The van der Waals surface area contributed by atoms with Crippen molar-refractivity contribution in [2.45, 2.75) is 33.2 Å². The number of nitrogens with one attached hydrogen (secondary N) is 1. The molecule has 1 atom stereocenters. The van der Waals surface area contributed by atoms with E-state index in [1.807, 2.05) is 6.92 Å².